The first-order valence-electron chi connectivity index (χ1n) is 10.9. The number of esters is 1. The molecule has 4 heteroatoms. The number of benzene rings is 1. The summed E-state index contributed by atoms with van der Waals surface area (Å²) in [6, 6.07) is 8.03. The smallest absolute Gasteiger partial charge is 0.337 e. The molecule has 0 spiro atoms. The van der Waals surface area contributed by atoms with Crippen molar-refractivity contribution in [2.24, 2.45) is 0 Å². The minimum Gasteiger partial charge on any atom is -0.425 e. The number of unbranched alkanes of at least 4 members (excludes halogenated alkanes) is 10. The lowest BCUT2D eigenvalue weighted by molar-refractivity contribution is -0.141. The molecule has 1 aromatic carbocycles. The van der Waals surface area contributed by atoms with Crippen LogP contribution in [0.2, 0.25) is 0 Å². The van der Waals surface area contributed by atoms with Crippen molar-refractivity contribution in [3.63, 3.8) is 0 Å². The molecule has 158 valence electrons. The lowest BCUT2D eigenvalue weighted by Gasteiger charge is -2.08. The molecular formula is C24H37ClO3. The van der Waals surface area contributed by atoms with Crippen molar-refractivity contribution in [3.8, 4) is 0 Å². The number of hydrogen-bond donors (Lipinski definition) is 0. The minimum absolute atomic E-state index is 0. The van der Waals surface area contributed by atoms with E-state index in [1.807, 2.05) is 24.3 Å². The molecular weight excluding hydrogens is 372 g/mol. The minimum atomic E-state index is -0.305. The molecule has 0 aliphatic heterocycles. The van der Waals surface area contributed by atoms with Gasteiger partial charge in [0.2, 0.25) is 0 Å². The van der Waals surface area contributed by atoms with Gasteiger partial charge in [0.25, 0.3) is 0 Å². The molecule has 0 unspecified atom stereocenters. The van der Waals surface area contributed by atoms with Crippen molar-refractivity contribution >= 4 is 24.1 Å². The van der Waals surface area contributed by atoms with Gasteiger partial charge in [-0.3, -0.25) is 0 Å². The Morgan fingerprint density at radius 2 is 1.50 bits per heavy atom. The zero-order chi connectivity index (χ0) is 19.2. The second-order valence-corrected chi connectivity index (χ2v) is 7.49. The Bertz CT molecular complexity index is 583. The Labute approximate surface area is 177 Å². The zero-order valence-electron chi connectivity index (χ0n) is 17.4. The number of halogens is 1. The predicted molar refractivity (Wildman–Crippen MR) is 119 cm³/mol. The van der Waals surface area contributed by atoms with Crippen molar-refractivity contribution in [1.29, 1.82) is 0 Å². The number of carbonyl (C=O) groups excluding carboxylic acids is 1. The van der Waals surface area contributed by atoms with Gasteiger partial charge >= 0.3 is 5.97 Å². The van der Waals surface area contributed by atoms with E-state index in [9.17, 15) is 4.79 Å². The second-order valence-electron chi connectivity index (χ2n) is 7.49. The highest BCUT2D eigenvalue weighted by molar-refractivity contribution is 5.85. The standard InChI is InChI=1S/C24H36O3.ClH/c1-2-3-4-5-6-7-8-9-10-11-14-19-26-20-24(25)27-23-18-17-21-15-12-13-16-22(21)23;/h12-13,15-16,18H,2-11,14,17,19-20H2,1H3;1H. The number of fused-ring (bicyclic) bond motifs is 1. The Balaban J connectivity index is 0.00000392. The van der Waals surface area contributed by atoms with Crippen molar-refractivity contribution in [2.45, 2.75) is 84.0 Å². The quantitative estimate of drug-likeness (QED) is 0.234. The van der Waals surface area contributed by atoms with Crippen LogP contribution in [0.15, 0.2) is 30.3 Å². The Kier molecular flexibility index (Phi) is 13.8. The van der Waals surface area contributed by atoms with Crippen LogP contribution in [0.25, 0.3) is 5.76 Å². The average Bonchev–Trinajstić information content (AvgIpc) is 3.08. The highest BCUT2D eigenvalue weighted by atomic mass is 35.5. The Morgan fingerprint density at radius 3 is 2.18 bits per heavy atom. The van der Waals surface area contributed by atoms with Gasteiger partial charge in [0, 0.05) is 12.2 Å². The maximum absolute atomic E-state index is 11.9. The molecule has 0 bridgehead atoms. The molecule has 0 fully saturated rings. The van der Waals surface area contributed by atoms with Gasteiger partial charge in [0.05, 0.1) is 0 Å². The Morgan fingerprint density at radius 1 is 0.893 bits per heavy atom. The van der Waals surface area contributed by atoms with Crippen LogP contribution in [0.3, 0.4) is 0 Å². The molecule has 3 nitrogen and oxygen atoms in total. The topological polar surface area (TPSA) is 35.5 Å². The monoisotopic (exact) mass is 408 g/mol. The van der Waals surface area contributed by atoms with Crippen LogP contribution in [0.4, 0.5) is 0 Å². The third-order valence-electron chi connectivity index (χ3n) is 5.13. The Hall–Kier alpha value is -1.32. The molecule has 0 saturated carbocycles. The number of hydrogen-bond acceptors (Lipinski definition) is 3. The molecule has 1 aliphatic rings. The van der Waals surface area contributed by atoms with Crippen LogP contribution in [-0.4, -0.2) is 19.2 Å². The van der Waals surface area contributed by atoms with Crippen LogP contribution >= 0.6 is 12.4 Å². The molecule has 0 aromatic heterocycles. The van der Waals surface area contributed by atoms with E-state index in [2.05, 4.69) is 13.0 Å². The first-order valence-corrected chi connectivity index (χ1v) is 10.9. The molecule has 0 saturated heterocycles. The third kappa shape index (κ3) is 9.75. The summed E-state index contributed by atoms with van der Waals surface area (Å²) >= 11 is 0. The SMILES string of the molecule is CCCCCCCCCCCCCOCC(=O)OC1=CCc2ccccc21.Cl. The van der Waals surface area contributed by atoms with Gasteiger partial charge in [0.15, 0.2) is 0 Å². The summed E-state index contributed by atoms with van der Waals surface area (Å²) < 4.78 is 10.9. The van der Waals surface area contributed by atoms with Gasteiger partial charge in [0.1, 0.15) is 12.4 Å². The van der Waals surface area contributed by atoms with E-state index in [1.165, 1.54) is 69.8 Å². The summed E-state index contributed by atoms with van der Waals surface area (Å²) in [5.74, 6) is 0.370. The van der Waals surface area contributed by atoms with Crippen LogP contribution in [-0.2, 0) is 20.7 Å². The number of allylic oxidation sites excluding steroid dienone is 1. The largest absolute Gasteiger partial charge is 0.425 e. The predicted octanol–water partition coefficient (Wildman–Crippen LogP) is 6.88. The van der Waals surface area contributed by atoms with Gasteiger partial charge in [-0.15, -0.1) is 12.4 Å². The van der Waals surface area contributed by atoms with E-state index in [4.69, 9.17) is 9.47 Å². The van der Waals surface area contributed by atoms with Crippen LogP contribution in [0, 0.1) is 0 Å². The number of ether oxygens (including phenoxy) is 2. The maximum Gasteiger partial charge on any atom is 0.337 e. The summed E-state index contributed by atoms with van der Waals surface area (Å²) in [5.41, 5.74) is 2.23. The van der Waals surface area contributed by atoms with E-state index in [0.29, 0.717) is 12.4 Å². The van der Waals surface area contributed by atoms with Crippen molar-refractivity contribution in [1.82, 2.24) is 0 Å². The van der Waals surface area contributed by atoms with Crippen LogP contribution in [0.5, 0.6) is 0 Å². The maximum atomic E-state index is 11.9. The summed E-state index contributed by atoms with van der Waals surface area (Å²) in [4.78, 5) is 11.9. The highest BCUT2D eigenvalue weighted by Gasteiger charge is 2.17. The molecule has 0 radical (unpaired) electrons. The molecule has 1 aromatic rings. The summed E-state index contributed by atoms with van der Waals surface area (Å²) in [7, 11) is 0. The van der Waals surface area contributed by atoms with Crippen LogP contribution < -0.4 is 0 Å². The van der Waals surface area contributed by atoms with E-state index in [0.717, 1.165) is 18.4 Å². The lowest BCUT2D eigenvalue weighted by atomic mass is 10.1. The van der Waals surface area contributed by atoms with E-state index in [1.54, 1.807) is 0 Å². The summed E-state index contributed by atoms with van der Waals surface area (Å²) in [6.45, 7) is 2.94. The average molecular weight is 409 g/mol. The van der Waals surface area contributed by atoms with E-state index in [-0.39, 0.29) is 25.0 Å². The molecule has 0 atom stereocenters. The fraction of sp³-hybridized carbons (Fsp3) is 0.625. The van der Waals surface area contributed by atoms with Crippen LogP contribution in [0.1, 0.15) is 88.7 Å². The highest BCUT2D eigenvalue weighted by Crippen LogP contribution is 2.27. The zero-order valence-corrected chi connectivity index (χ0v) is 18.2. The number of rotatable bonds is 15. The summed E-state index contributed by atoms with van der Waals surface area (Å²) in [6.07, 6.45) is 17.2. The van der Waals surface area contributed by atoms with Gasteiger partial charge < -0.3 is 9.47 Å². The molecule has 2 rings (SSSR count). The van der Waals surface area contributed by atoms with Crippen molar-refractivity contribution in [3.05, 3.63) is 41.5 Å². The van der Waals surface area contributed by atoms with Crippen molar-refractivity contribution in [2.75, 3.05) is 13.2 Å². The fourth-order valence-corrected chi connectivity index (χ4v) is 3.52. The lowest BCUT2D eigenvalue weighted by Crippen LogP contribution is -2.12. The molecule has 0 heterocycles. The third-order valence-corrected chi connectivity index (χ3v) is 5.13. The first-order chi connectivity index (χ1) is 13.3. The molecule has 0 N–H and O–H groups in total. The summed E-state index contributed by atoms with van der Waals surface area (Å²) in [5, 5.41) is 0. The molecule has 1 aliphatic carbocycles. The normalized spacial score (nSPS) is 12.2. The fourth-order valence-electron chi connectivity index (χ4n) is 3.52. The van der Waals surface area contributed by atoms with E-state index >= 15 is 0 Å². The van der Waals surface area contributed by atoms with Gasteiger partial charge in [-0.05, 0) is 24.5 Å². The number of carbonyl (C=O) groups is 1. The second kappa shape index (κ2) is 15.6. The molecule has 28 heavy (non-hydrogen) atoms. The van der Waals surface area contributed by atoms with Gasteiger partial charge in [-0.25, -0.2) is 4.79 Å². The van der Waals surface area contributed by atoms with Gasteiger partial charge in [-0.2, -0.15) is 0 Å². The first kappa shape index (κ1) is 24.7. The van der Waals surface area contributed by atoms with Crippen molar-refractivity contribution < 1.29 is 14.3 Å². The van der Waals surface area contributed by atoms with Gasteiger partial charge in [-0.1, -0.05) is 95.4 Å². The molecule has 0 amide bonds. The van der Waals surface area contributed by atoms with E-state index < -0.39 is 0 Å².